The minimum atomic E-state index is -0.500. The lowest BCUT2D eigenvalue weighted by molar-refractivity contribution is -0.927. The molecule has 1 aliphatic heterocycles. The van der Waals surface area contributed by atoms with Gasteiger partial charge in [-0.05, 0) is 38.5 Å². The summed E-state index contributed by atoms with van der Waals surface area (Å²) in [6.07, 6.45) is 37.7. The Hall–Kier alpha value is -0.850. The third-order valence-corrected chi connectivity index (χ3v) is 11.1. The van der Waals surface area contributed by atoms with Gasteiger partial charge in [0, 0.05) is 32.8 Å². The summed E-state index contributed by atoms with van der Waals surface area (Å²) in [7, 11) is 0. The highest BCUT2D eigenvalue weighted by Crippen LogP contribution is 2.17. The first-order valence-corrected chi connectivity index (χ1v) is 23.5. The lowest BCUT2D eigenvalue weighted by Crippen LogP contribution is -3.16. The molecule has 1 unspecified atom stereocenters. The highest BCUT2D eigenvalue weighted by molar-refractivity contribution is 5.29. The second-order valence-corrected chi connectivity index (χ2v) is 15.8. The van der Waals surface area contributed by atoms with Gasteiger partial charge in [0.15, 0.2) is 0 Å². The fourth-order valence-corrected chi connectivity index (χ4v) is 7.77. The van der Waals surface area contributed by atoms with Crippen LogP contribution in [0.1, 0.15) is 173 Å². The molecule has 10 heteroatoms. The minimum Gasteiger partial charge on any atom is -0.554 e. The molecule has 10 nitrogen and oxygen atoms in total. The molecule has 2 fully saturated rings. The molecule has 0 bridgehead atoms. The summed E-state index contributed by atoms with van der Waals surface area (Å²) in [5.74, 6) is 0. The fraction of sp³-hybridized carbons (Fsp3) is 0.978. The van der Waals surface area contributed by atoms with Crippen molar-refractivity contribution in [2.45, 2.75) is 179 Å². The zero-order chi connectivity index (χ0) is 39.2. The van der Waals surface area contributed by atoms with Crippen LogP contribution in [0.5, 0.6) is 0 Å². The maximum Gasteiger partial charge on any atom is 0.101 e. The highest BCUT2D eigenvalue weighted by atomic mass is 16.5. The smallest absolute Gasteiger partial charge is 0.101 e. The van der Waals surface area contributed by atoms with E-state index in [1.807, 2.05) is 0 Å². The summed E-state index contributed by atoms with van der Waals surface area (Å²) >= 11 is 0. The van der Waals surface area contributed by atoms with E-state index in [0.29, 0.717) is 58.9 Å². The molecular formula is C45H90N2O8. The molecule has 0 amide bonds. The molecule has 1 aliphatic carbocycles. The van der Waals surface area contributed by atoms with Crippen LogP contribution in [-0.2, 0) is 33.2 Å². The molecule has 0 radical (unpaired) electrons. The number of nitrogens with one attached hydrogen (secondary N) is 2. The Morgan fingerprint density at radius 2 is 0.618 bits per heavy atom. The van der Waals surface area contributed by atoms with E-state index in [1.54, 1.807) is 4.90 Å². The third-order valence-electron chi connectivity index (χ3n) is 11.1. The Labute approximate surface area is 339 Å². The molecule has 55 heavy (non-hydrogen) atoms. The molecule has 1 saturated heterocycles. The van der Waals surface area contributed by atoms with Crippen LogP contribution in [0.15, 0.2) is 0 Å². The van der Waals surface area contributed by atoms with Crippen molar-refractivity contribution in [2.24, 2.45) is 0 Å². The van der Waals surface area contributed by atoms with Crippen LogP contribution in [0.25, 0.3) is 0 Å². The SMILES string of the molecule is C1CCCCCCCCCCCCC([NH+]2CCOCCOCCCCOCCOCCNCCOCCOCC2)CCCCCCCCCCCC1.O=C[O-]. The number of ether oxygens (including phenoxy) is 6. The van der Waals surface area contributed by atoms with Gasteiger partial charge in [0.2, 0.25) is 0 Å². The zero-order valence-corrected chi connectivity index (χ0v) is 35.8. The first kappa shape index (κ1) is 52.2. The van der Waals surface area contributed by atoms with E-state index in [-0.39, 0.29) is 0 Å². The van der Waals surface area contributed by atoms with Gasteiger partial charge in [-0.15, -0.1) is 0 Å². The molecule has 0 spiro atoms. The van der Waals surface area contributed by atoms with Crippen molar-refractivity contribution in [1.82, 2.24) is 5.32 Å². The van der Waals surface area contributed by atoms with Gasteiger partial charge in [-0.2, -0.15) is 0 Å². The second-order valence-electron chi connectivity index (χ2n) is 15.8. The zero-order valence-electron chi connectivity index (χ0n) is 35.8. The minimum absolute atomic E-state index is 0.500. The first-order valence-electron chi connectivity index (χ1n) is 23.5. The quantitative estimate of drug-likeness (QED) is 0.276. The van der Waals surface area contributed by atoms with E-state index < -0.39 is 6.47 Å². The van der Waals surface area contributed by atoms with Crippen LogP contribution in [0, 0.1) is 0 Å². The number of hydrogen-bond donors (Lipinski definition) is 2. The summed E-state index contributed by atoms with van der Waals surface area (Å²) in [4.78, 5) is 9.93. The van der Waals surface area contributed by atoms with Crippen molar-refractivity contribution < 1.29 is 43.2 Å². The average Bonchev–Trinajstić information content (AvgIpc) is 3.19. The Bertz CT molecular complexity index is 629. The summed E-state index contributed by atoms with van der Waals surface area (Å²) in [5, 5.41) is 11.6. The normalized spacial score (nSPS) is 25.0. The topological polar surface area (TPSA) is 112 Å². The molecule has 1 atom stereocenters. The van der Waals surface area contributed by atoms with E-state index >= 15 is 0 Å². The molecule has 0 aromatic rings. The molecule has 1 heterocycles. The van der Waals surface area contributed by atoms with Gasteiger partial charge < -0.3 is 48.5 Å². The third kappa shape index (κ3) is 39.7. The van der Waals surface area contributed by atoms with Crippen molar-refractivity contribution in [3.63, 3.8) is 0 Å². The summed E-state index contributed by atoms with van der Waals surface area (Å²) in [6.45, 7) is 11.7. The van der Waals surface area contributed by atoms with Crippen LogP contribution < -0.4 is 15.3 Å². The maximum atomic E-state index is 8.25. The van der Waals surface area contributed by atoms with E-state index in [0.717, 1.165) is 65.4 Å². The van der Waals surface area contributed by atoms with E-state index in [4.69, 9.17) is 38.3 Å². The molecule has 1 saturated carbocycles. The molecule has 328 valence electrons. The predicted molar refractivity (Wildman–Crippen MR) is 223 cm³/mol. The molecule has 2 aliphatic rings. The first-order chi connectivity index (χ1) is 27.4. The van der Waals surface area contributed by atoms with Gasteiger partial charge in [-0.25, -0.2) is 0 Å². The number of carboxylic acid groups (broad SMARTS) is 1. The average molecular weight is 787 g/mol. The van der Waals surface area contributed by atoms with Crippen LogP contribution in [0.4, 0.5) is 0 Å². The Balaban J connectivity index is 0.00000487. The lowest BCUT2D eigenvalue weighted by atomic mass is 9.98. The van der Waals surface area contributed by atoms with Gasteiger partial charge in [0.1, 0.15) is 13.1 Å². The van der Waals surface area contributed by atoms with Crippen LogP contribution in [-0.4, -0.2) is 118 Å². The van der Waals surface area contributed by atoms with Crippen molar-refractivity contribution >= 4 is 6.47 Å². The summed E-state index contributed by atoms with van der Waals surface area (Å²) in [6, 6.07) is 0.697. The largest absolute Gasteiger partial charge is 0.554 e. The van der Waals surface area contributed by atoms with E-state index in [2.05, 4.69) is 5.32 Å². The molecule has 0 aromatic heterocycles. The predicted octanol–water partition coefficient (Wildman–Crippen LogP) is 6.86. The van der Waals surface area contributed by atoms with Crippen LogP contribution in [0.3, 0.4) is 0 Å². The standard InChI is InChI=1S/C44H88N2O6.CH2O2/c1-2-4-6-8-10-12-14-16-18-20-22-26-44(27-23-21-19-17-15-13-11-9-7-5-3-1)46-30-36-51-42-39-48-33-25-24-32-47-38-40-49-34-28-45-29-35-50-41-43-52-37-31-46;2-1-3/h44-45H,1-43H2;1H,(H,2,3). The number of quaternary nitrogens is 1. The lowest BCUT2D eigenvalue weighted by Gasteiger charge is -2.29. The molecule has 0 aromatic carbocycles. The van der Waals surface area contributed by atoms with Crippen molar-refractivity contribution in [2.75, 3.05) is 105 Å². The van der Waals surface area contributed by atoms with Gasteiger partial charge in [0.25, 0.3) is 0 Å². The Morgan fingerprint density at radius 1 is 0.364 bits per heavy atom. The van der Waals surface area contributed by atoms with Gasteiger partial charge in [-0.3, -0.25) is 0 Å². The number of carbonyl (C=O) groups is 1. The van der Waals surface area contributed by atoms with Crippen molar-refractivity contribution in [3.8, 4) is 0 Å². The maximum absolute atomic E-state index is 8.25. The van der Waals surface area contributed by atoms with Gasteiger partial charge in [-0.1, -0.05) is 135 Å². The fourth-order valence-electron chi connectivity index (χ4n) is 7.77. The number of hydrogen-bond acceptors (Lipinski definition) is 9. The van der Waals surface area contributed by atoms with Crippen molar-refractivity contribution in [1.29, 1.82) is 0 Å². The summed E-state index contributed by atoms with van der Waals surface area (Å²) < 4.78 is 35.3. The second kappa shape index (κ2) is 45.8. The monoisotopic (exact) mass is 787 g/mol. The highest BCUT2D eigenvalue weighted by Gasteiger charge is 2.22. The van der Waals surface area contributed by atoms with Crippen LogP contribution in [0.2, 0.25) is 0 Å². The van der Waals surface area contributed by atoms with Gasteiger partial charge in [0.05, 0.1) is 72.1 Å². The molecular weight excluding hydrogens is 697 g/mol. The molecule has 2 rings (SSSR count). The molecule has 2 N–H and O–H groups in total. The van der Waals surface area contributed by atoms with Crippen molar-refractivity contribution in [3.05, 3.63) is 0 Å². The Kier molecular flexibility index (Phi) is 43.5. The number of rotatable bonds is 1. The van der Waals surface area contributed by atoms with Crippen LogP contribution >= 0.6 is 0 Å². The Morgan fingerprint density at radius 3 is 0.927 bits per heavy atom. The van der Waals surface area contributed by atoms with Gasteiger partial charge >= 0.3 is 0 Å². The van der Waals surface area contributed by atoms with E-state index in [9.17, 15) is 0 Å². The van der Waals surface area contributed by atoms with E-state index in [1.165, 1.54) is 161 Å². The number of carbonyl (C=O) groups excluding carboxylic acids is 1. The summed E-state index contributed by atoms with van der Waals surface area (Å²) in [5.41, 5.74) is 0.